The molecule has 1 aromatic heterocycles. The Morgan fingerprint density at radius 1 is 1.62 bits per heavy atom. The van der Waals surface area contributed by atoms with Gasteiger partial charge in [-0.1, -0.05) is 11.8 Å². The van der Waals surface area contributed by atoms with Crippen molar-refractivity contribution in [3.8, 4) is 11.8 Å². The van der Waals surface area contributed by atoms with Crippen molar-refractivity contribution in [2.45, 2.75) is 24.0 Å². The van der Waals surface area contributed by atoms with Gasteiger partial charge in [-0.3, -0.25) is 0 Å². The largest absolute Gasteiger partial charge is 0.394 e. The van der Waals surface area contributed by atoms with Gasteiger partial charge >= 0.3 is 5.69 Å². The first kappa shape index (κ1) is 15.3. The third kappa shape index (κ3) is 2.59. The molecule has 0 saturated carbocycles. The topological polar surface area (TPSA) is 150 Å². The molecule has 114 valence electrons. The lowest BCUT2D eigenvalue weighted by molar-refractivity contribution is -0.0528. The summed E-state index contributed by atoms with van der Waals surface area (Å²) >= 11 is 0. The van der Waals surface area contributed by atoms with E-state index < -0.39 is 42.9 Å². The van der Waals surface area contributed by atoms with Crippen LogP contribution in [0.25, 0.3) is 0 Å². The van der Waals surface area contributed by atoms with Gasteiger partial charge in [-0.05, 0) is 0 Å². The van der Waals surface area contributed by atoms with Gasteiger partial charge in [0.05, 0.1) is 12.8 Å². The van der Waals surface area contributed by atoms with E-state index in [0.29, 0.717) is 0 Å². The van der Waals surface area contributed by atoms with Crippen LogP contribution in [-0.2, 0) is 4.74 Å². The molecule has 0 bridgehead atoms. The SMILES string of the molecule is Nc1cnn(C2OC(CO)[C@H](O)C2(N)C#CCF)c(=O)n1. The van der Waals surface area contributed by atoms with Crippen molar-refractivity contribution >= 4 is 5.82 Å². The molecule has 1 fully saturated rings. The molecule has 0 amide bonds. The maximum atomic E-state index is 12.3. The lowest BCUT2D eigenvalue weighted by atomic mass is 9.92. The Bertz CT molecular complexity index is 641. The molecule has 10 heteroatoms. The summed E-state index contributed by atoms with van der Waals surface area (Å²) in [5, 5.41) is 23.0. The number of halogens is 1. The summed E-state index contributed by atoms with van der Waals surface area (Å²) < 4.78 is 18.3. The fourth-order valence-electron chi connectivity index (χ4n) is 2.05. The first-order chi connectivity index (χ1) is 9.93. The van der Waals surface area contributed by atoms with E-state index >= 15 is 0 Å². The van der Waals surface area contributed by atoms with E-state index in [-0.39, 0.29) is 5.82 Å². The van der Waals surface area contributed by atoms with Gasteiger partial charge in [-0.25, -0.2) is 9.18 Å². The van der Waals surface area contributed by atoms with Gasteiger partial charge in [0.15, 0.2) is 11.8 Å². The van der Waals surface area contributed by atoms with Crippen LogP contribution in [0.5, 0.6) is 0 Å². The number of anilines is 1. The molecule has 2 rings (SSSR count). The van der Waals surface area contributed by atoms with Gasteiger partial charge in [-0.2, -0.15) is 14.8 Å². The standard InChI is InChI=1S/C11H14FN5O4/c12-3-1-2-11(14)8(19)6(5-18)21-9(11)17-10(20)16-7(13)4-15-17/h4,6,8-9,18-19H,3,5,14H2,(H2,13,16,20)/t6?,8-,9?,11?/m0/s1. The summed E-state index contributed by atoms with van der Waals surface area (Å²) in [6.45, 7) is -1.56. The molecule has 6 N–H and O–H groups in total. The molecule has 1 aliphatic rings. The molecule has 1 aliphatic heterocycles. The van der Waals surface area contributed by atoms with Gasteiger partial charge in [0.1, 0.15) is 24.7 Å². The van der Waals surface area contributed by atoms with Crippen molar-refractivity contribution in [2.24, 2.45) is 5.73 Å². The second kappa shape index (κ2) is 5.74. The molecule has 2 heterocycles. The lowest BCUT2D eigenvalue weighted by Gasteiger charge is -2.26. The monoisotopic (exact) mass is 299 g/mol. The first-order valence-electron chi connectivity index (χ1n) is 5.94. The van der Waals surface area contributed by atoms with Crippen LogP contribution >= 0.6 is 0 Å². The summed E-state index contributed by atoms with van der Waals surface area (Å²) in [6.07, 6.45) is -2.80. The minimum atomic E-state index is -1.83. The molecule has 0 aliphatic carbocycles. The van der Waals surface area contributed by atoms with Gasteiger partial charge in [0, 0.05) is 0 Å². The number of hydrogen-bond acceptors (Lipinski definition) is 8. The van der Waals surface area contributed by atoms with E-state index in [1.54, 1.807) is 0 Å². The van der Waals surface area contributed by atoms with Crippen molar-refractivity contribution in [2.75, 3.05) is 19.0 Å². The van der Waals surface area contributed by atoms with E-state index in [1.165, 1.54) is 0 Å². The highest BCUT2D eigenvalue weighted by molar-refractivity contribution is 5.26. The van der Waals surface area contributed by atoms with E-state index in [9.17, 15) is 14.3 Å². The number of aliphatic hydroxyl groups is 2. The highest BCUT2D eigenvalue weighted by Crippen LogP contribution is 2.35. The third-order valence-corrected chi connectivity index (χ3v) is 3.06. The summed E-state index contributed by atoms with van der Waals surface area (Å²) in [4.78, 5) is 15.3. The van der Waals surface area contributed by atoms with Crippen LogP contribution in [0.3, 0.4) is 0 Å². The number of rotatable bonds is 2. The second-order valence-electron chi connectivity index (χ2n) is 4.43. The van der Waals surface area contributed by atoms with Crippen LogP contribution in [0.2, 0.25) is 0 Å². The molecule has 21 heavy (non-hydrogen) atoms. The Balaban J connectivity index is 2.51. The Morgan fingerprint density at radius 2 is 2.33 bits per heavy atom. The average molecular weight is 299 g/mol. The fourth-order valence-corrected chi connectivity index (χ4v) is 2.05. The van der Waals surface area contributed by atoms with Crippen LogP contribution < -0.4 is 17.2 Å². The van der Waals surface area contributed by atoms with Crippen LogP contribution in [-0.4, -0.2) is 56.0 Å². The molecular formula is C11H14FN5O4. The highest BCUT2D eigenvalue weighted by Gasteiger charge is 2.55. The molecule has 3 unspecified atom stereocenters. The van der Waals surface area contributed by atoms with E-state index in [0.717, 1.165) is 10.9 Å². The number of nitrogen functional groups attached to an aromatic ring is 1. The summed E-state index contributed by atoms with van der Waals surface area (Å²) in [5.41, 5.74) is 8.58. The number of nitrogens with zero attached hydrogens (tertiary/aromatic N) is 3. The number of ether oxygens (including phenoxy) is 1. The van der Waals surface area contributed by atoms with Gasteiger partial charge < -0.3 is 26.4 Å². The van der Waals surface area contributed by atoms with Crippen molar-refractivity contribution < 1.29 is 19.3 Å². The maximum Gasteiger partial charge on any atom is 0.368 e. The van der Waals surface area contributed by atoms with Gasteiger partial charge in [0.2, 0.25) is 0 Å². The maximum absolute atomic E-state index is 12.3. The Kier molecular flexibility index (Phi) is 4.19. The zero-order valence-electron chi connectivity index (χ0n) is 10.8. The molecular weight excluding hydrogens is 285 g/mol. The highest BCUT2D eigenvalue weighted by atomic mass is 19.1. The fraction of sp³-hybridized carbons (Fsp3) is 0.545. The third-order valence-electron chi connectivity index (χ3n) is 3.06. The van der Waals surface area contributed by atoms with E-state index in [4.69, 9.17) is 21.3 Å². The predicted molar refractivity (Wildman–Crippen MR) is 68.4 cm³/mol. The van der Waals surface area contributed by atoms with Crippen LogP contribution in [0.4, 0.5) is 10.2 Å². The predicted octanol–water partition coefficient (Wildman–Crippen LogP) is -2.86. The number of alkyl halides is 1. The summed E-state index contributed by atoms with van der Waals surface area (Å²) in [6, 6.07) is 0. The normalized spacial score (nSPS) is 31.7. The summed E-state index contributed by atoms with van der Waals surface area (Å²) in [5.74, 6) is 4.30. The molecule has 4 atom stereocenters. The van der Waals surface area contributed by atoms with Crippen LogP contribution in [0.15, 0.2) is 11.0 Å². The number of hydrogen-bond donors (Lipinski definition) is 4. The van der Waals surface area contributed by atoms with Crippen molar-refractivity contribution in [3.05, 3.63) is 16.7 Å². The molecule has 1 aromatic rings. The molecule has 9 nitrogen and oxygen atoms in total. The minimum Gasteiger partial charge on any atom is -0.394 e. The average Bonchev–Trinajstić information content (AvgIpc) is 2.70. The Labute approximate surface area is 118 Å². The van der Waals surface area contributed by atoms with E-state index in [1.807, 2.05) is 0 Å². The van der Waals surface area contributed by atoms with Crippen molar-refractivity contribution in [3.63, 3.8) is 0 Å². The zero-order valence-corrected chi connectivity index (χ0v) is 10.8. The molecule has 0 radical (unpaired) electrons. The van der Waals surface area contributed by atoms with Crippen molar-refractivity contribution in [1.29, 1.82) is 0 Å². The Hall–Kier alpha value is -2.06. The Morgan fingerprint density at radius 3 is 2.90 bits per heavy atom. The van der Waals surface area contributed by atoms with Crippen LogP contribution in [0, 0.1) is 11.8 Å². The van der Waals surface area contributed by atoms with Crippen molar-refractivity contribution in [1.82, 2.24) is 14.8 Å². The van der Waals surface area contributed by atoms with Gasteiger partial charge in [-0.15, -0.1) is 0 Å². The minimum absolute atomic E-state index is 0.106. The zero-order chi connectivity index (χ0) is 15.6. The molecule has 1 saturated heterocycles. The number of aromatic nitrogens is 3. The van der Waals surface area contributed by atoms with Gasteiger partial charge in [0.25, 0.3) is 0 Å². The first-order valence-corrected chi connectivity index (χ1v) is 5.94. The molecule has 0 spiro atoms. The quantitative estimate of drug-likeness (QED) is 0.426. The molecule has 0 aromatic carbocycles. The lowest BCUT2D eigenvalue weighted by Crippen LogP contribution is -2.55. The smallest absolute Gasteiger partial charge is 0.368 e. The number of nitrogens with two attached hydrogens (primary N) is 2. The van der Waals surface area contributed by atoms with E-state index in [2.05, 4.69) is 21.9 Å². The second-order valence-corrected chi connectivity index (χ2v) is 4.43. The summed E-state index contributed by atoms with van der Waals surface area (Å²) in [7, 11) is 0. The number of aliphatic hydroxyl groups excluding tert-OH is 2. The van der Waals surface area contributed by atoms with Crippen LogP contribution in [0.1, 0.15) is 6.23 Å².